The zero-order valence-corrected chi connectivity index (χ0v) is 16.1. The van der Waals surface area contributed by atoms with E-state index in [1.165, 1.54) is 0 Å². The van der Waals surface area contributed by atoms with Gasteiger partial charge in [0, 0.05) is 10.6 Å². The fraction of sp³-hybridized carbons (Fsp3) is 0.130. The molecule has 0 spiro atoms. The smallest absolute Gasteiger partial charge is 0.345 e. The number of carbonyl (C=O) groups excluding carboxylic acids is 1. The molecule has 5 heteroatoms. The van der Waals surface area contributed by atoms with Crippen molar-refractivity contribution < 1.29 is 9.53 Å². The molecule has 1 aliphatic heterocycles. The molecule has 0 N–H and O–H groups in total. The third-order valence-electron chi connectivity index (χ3n) is 4.93. The van der Waals surface area contributed by atoms with E-state index in [-0.39, 0.29) is 11.9 Å². The fourth-order valence-electron chi connectivity index (χ4n) is 3.46. The van der Waals surface area contributed by atoms with Crippen molar-refractivity contribution in [2.24, 2.45) is 5.10 Å². The van der Waals surface area contributed by atoms with Gasteiger partial charge in [-0.05, 0) is 48.4 Å². The van der Waals surface area contributed by atoms with Crippen LogP contribution in [0.5, 0.6) is 0 Å². The Balaban J connectivity index is 1.93. The van der Waals surface area contributed by atoms with Gasteiger partial charge in [-0.25, -0.2) is 9.80 Å². The lowest BCUT2D eigenvalue weighted by Gasteiger charge is -2.42. The highest BCUT2D eigenvalue weighted by molar-refractivity contribution is 6.30. The summed E-state index contributed by atoms with van der Waals surface area (Å²) in [5, 5.41) is 7.15. The first-order valence-corrected chi connectivity index (χ1v) is 9.50. The second-order valence-electron chi connectivity index (χ2n) is 6.53. The molecular formula is C23H19ClN2O2. The van der Waals surface area contributed by atoms with E-state index in [2.05, 4.69) is 0 Å². The summed E-state index contributed by atoms with van der Waals surface area (Å²) in [4.78, 5) is 13.4. The Morgan fingerprint density at radius 1 is 0.929 bits per heavy atom. The van der Waals surface area contributed by atoms with Crippen molar-refractivity contribution in [3.8, 4) is 0 Å². The molecule has 0 aliphatic carbocycles. The lowest BCUT2D eigenvalue weighted by molar-refractivity contribution is -0.143. The van der Waals surface area contributed by atoms with Crippen LogP contribution in [-0.2, 0) is 15.1 Å². The SMILES string of the molecule is CC[C@@]1(c2ccc(Cl)cc2)C(=O)OC(c2ccccc2)=NN1c1ccccc1. The summed E-state index contributed by atoms with van der Waals surface area (Å²) in [6, 6.07) is 26.4. The minimum Gasteiger partial charge on any atom is -0.403 e. The van der Waals surface area contributed by atoms with Gasteiger partial charge in [0.2, 0.25) is 5.90 Å². The highest BCUT2D eigenvalue weighted by Gasteiger charge is 2.50. The minimum atomic E-state index is -1.08. The number of ether oxygens (including phenoxy) is 1. The average molecular weight is 391 g/mol. The van der Waals surface area contributed by atoms with E-state index < -0.39 is 5.54 Å². The summed E-state index contributed by atoms with van der Waals surface area (Å²) in [5.41, 5.74) is 1.26. The Hall–Kier alpha value is -3.11. The third-order valence-corrected chi connectivity index (χ3v) is 5.19. The molecule has 3 aromatic rings. The van der Waals surface area contributed by atoms with Crippen molar-refractivity contribution in [1.82, 2.24) is 0 Å². The van der Waals surface area contributed by atoms with Gasteiger partial charge in [0.15, 0.2) is 5.54 Å². The van der Waals surface area contributed by atoms with Crippen molar-refractivity contribution in [2.45, 2.75) is 18.9 Å². The third kappa shape index (κ3) is 3.06. The number of carbonyl (C=O) groups is 1. The number of rotatable bonds is 4. The number of cyclic esters (lactones) is 1. The van der Waals surface area contributed by atoms with E-state index in [0.717, 1.165) is 16.8 Å². The first kappa shape index (κ1) is 18.3. The second kappa shape index (κ2) is 7.49. The number of hydrazone groups is 1. The van der Waals surface area contributed by atoms with Crippen molar-refractivity contribution in [1.29, 1.82) is 0 Å². The van der Waals surface area contributed by atoms with Crippen molar-refractivity contribution in [2.75, 3.05) is 5.01 Å². The van der Waals surface area contributed by atoms with Gasteiger partial charge in [-0.1, -0.05) is 67.1 Å². The summed E-state index contributed by atoms with van der Waals surface area (Å²) in [7, 11) is 0. The van der Waals surface area contributed by atoms with Crippen molar-refractivity contribution >= 4 is 29.2 Å². The Kier molecular flexibility index (Phi) is 4.88. The molecule has 1 aliphatic rings. The van der Waals surface area contributed by atoms with Crippen LogP contribution in [-0.4, -0.2) is 11.9 Å². The van der Waals surface area contributed by atoms with Crippen LogP contribution in [0.2, 0.25) is 5.02 Å². The second-order valence-corrected chi connectivity index (χ2v) is 6.97. The van der Waals surface area contributed by atoms with Gasteiger partial charge in [0.25, 0.3) is 0 Å². The van der Waals surface area contributed by atoms with E-state index in [1.54, 1.807) is 17.1 Å². The van der Waals surface area contributed by atoms with Crippen LogP contribution in [0.1, 0.15) is 24.5 Å². The average Bonchev–Trinajstić information content (AvgIpc) is 2.75. The number of benzene rings is 3. The van der Waals surface area contributed by atoms with Crippen LogP contribution < -0.4 is 5.01 Å². The molecule has 0 unspecified atom stereocenters. The summed E-state index contributed by atoms with van der Waals surface area (Å²) in [6.07, 6.45) is 0.480. The summed E-state index contributed by atoms with van der Waals surface area (Å²) < 4.78 is 5.75. The predicted octanol–water partition coefficient (Wildman–Crippen LogP) is 5.37. The zero-order valence-electron chi connectivity index (χ0n) is 15.4. The van der Waals surface area contributed by atoms with Gasteiger partial charge >= 0.3 is 5.97 Å². The molecule has 0 aromatic heterocycles. The molecule has 4 rings (SSSR count). The van der Waals surface area contributed by atoms with Crippen LogP contribution in [0, 0.1) is 0 Å². The van der Waals surface area contributed by atoms with Crippen LogP contribution in [0.3, 0.4) is 0 Å². The summed E-state index contributed by atoms with van der Waals surface area (Å²) in [6.45, 7) is 1.95. The molecular weight excluding hydrogens is 372 g/mol. The van der Waals surface area contributed by atoms with Gasteiger partial charge in [-0.15, -0.1) is 5.10 Å². The lowest BCUT2D eigenvalue weighted by atomic mass is 9.85. The minimum absolute atomic E-state index is 0.285. The van der Waals surface area contributed by atoms with Crippen LogP contribution in [0.4, 0.5) is 5.69 Å². The van der Waals surface area contributed by atoms with Crippen molar-refractivity contribution in [3.05, 3.63) is 101 Å². The molecule has 0 amide bonds. The Bertz CT molecular complexity index is 1000. The number of hydrogen-bond donors (Lipinski definition) is 0. The Labute approximate surface area is 169 Å². The molecule has 0 saturated heterocycles. The maximum atomic E-state index is 13.4. The molecule has 0 saturated carbocycles. The monoisotopic (exact) mass is 390 g/mol. The van der Waals surface area contributed by atoms with E-state index in [4.69, 9.17) is 21.4 Å². The highest BCUT2D eigenvalue weighted by Crippen LogP contribution is 2.40. The van der Waals surface area contributed by atoms with Gasteiger partial charge in [-0.2, -0.15) is 0 Å². The predicted molar refractivity (Wildman–Crippen MR) is 111 cm³/mol. The van der Waals surface area contributed by atoms with Crippen LogP contribution in [0.25, 0.3) is 0 Å². The first-order valence-electron chi connectivity index (χ1n) is 9.13. The van der Waals surface area contributed by atoms with E-state index >= 15 is 0 Å². The number of nitrogens with zero attached hydrogens (tertiary/aromatic N) is 2. The number of esters is 1. The van der Waals surface area contributed by atoms with Crippen LogP contribution >= 0.6 is 11.6 Å². The van der Waals surface area contributed by atoms with Crippen LogP contribution in [0.15, 0.2) is 90.0 Å². The molecule has 1 heterocycles. The van der Waals surface area contributed by atoms with Gasteiger partial charge in [-0.3, -0.25) is 0 Å². The normalized spacial score (nSPS) is 19.1. The molecule has 3 aromatic carbocycles. The van der Waals surface area contributed by atoms with Crippen molar-refractivity contribution in [3.63, 3.8) is 0 Å². The first-order chi connectivity index (χ1) is 13.6. The zero-order chi connectivity index (χ0) is 19.6. The highest BCUT2D eigenvalue weighted by atomic mass is 35.5. The molecule has 140 valence electrons. The van der Waals surface area contributed by atoms with Gasteiger partial charge in [0.1, 0.15) is 0 Å². The van der Waals surface area contributed by atoms with Gasteiger partial charge < -0.3 is 4.74 Å². The molecule has 4 nitrogen and oxygen atoms in total. The lowest BCUT2D eigenvalue weighted by Crippen LogP contribution is -2.54. The maximum Gasteiger partial charge on any atom is 0.345 e. The van der Waals surface area contributed by atoms with Gasteiger partial charge in [0.05, 0.1) is 5.69 Å². The summed E-state index contributed by atoms with van der Waals surface area (Å²) in [5.74, 6) is -0.0810. The standard InChI is InChI=1S/C23H19ClN2O2/c1-2-23(18-13-15-19(24)16-14-18)22(27)28-21(17-9-5-3-6-10-17)25-26(23)20-11-7-4-8-12-20/h3-16H,2H2,1H3/t23-/m1/s1. The molecule has 28 heavy (non-hydrogen) atoms. The maximum absolute atomic E-state index is 13.4. The fourth-order valence-corrected chi connectivity index (χ4v) is 3.59. The van der Waals surface area contributed by atoms with E-state index in [1.807, 2.05) is 79.7 Å². The number of anilines is 1. The number of hydrogen-bond acceptors (Lipinski definition) is 4. The molecule has 0 fully saturated rings. The topological polar surface area (TPSA) is 41.9 Å². The largest absolute Gasteiger partial charge is 0.403 e. The summed E-state index contributed by atoms with van der Waals surface area (Å²) >= 11 is 6.07. The molecule has 0 radical (unpaired) electrons. The Morgan fingerprint density at radius 2 is 1.54 bits per heavy atom. The van der Waals surface area contributed by atoms with E-state index in [0.29, 0.717) is 11.4 Å². The quantitative estimate of drug-likeness (QED) is 0.562. The number of halogens is 1. The Morgan fingerprint density at radius 3 is 2.14 bits per heavy atom. The molecule has 0 bridgehead atoms. The van der Waals surface area contributed by atoms with E-state index in [9.17, 15) is 4.79 Å². The number of para-hydroxylation sites is 1. The molecule has 1 atom stereocenters.